The lowest BCUT2D eigenvalue weighted by atomic mass is 10.1. The van der Waals surface area contributed by atoms with Gasteiger partial charge in [-0.15, -0.1) is 0 Å². The fraction of sp³-hybridized carbons (Fsp3) is 0.125. The minimum Gasteiger partial charge on any atom is -0.289 e. The van der Waals surface area contributed by atoms with Crippen LogP contribution in [0.2, 0.25) is 0 Å². The van der Waals surface area contributed by atoms with E-state index in [0.29, 0.717) is 5.56 Å². The van der Waals surface area contributed by atoms with Gasteiger partial charge >= 0.3 is 10.3 Å². The lowest BCUT2D eigenvalue weighted by Crippen LogP contribution is -2.28. The molecule has 0 fully saturated rings. The largest absolute Gasteiger partial charge is 0.334 e. The van der Waals surface area contributed by atoms with Gasteiger partial charge in [-0.05, 0) is 5.56 Å². The van der Waals surface area contributed by atoms with E-state index < -0.39 is 16.3 Å². The zero-order valence-electron chi connectivity index (χ0n) is 7.04. The molecule has 0 unspecified atom stereocenters. The Morgan fingerprint density at radius 3 is 2.29 bits per heavy atom. The molecular formula is C8H8NO4S. The second kappa shape index (κ2) is 4.32. The molecule has 0 spiro atoms. The lowest BCUT2D eigenvalue weighted by molar-refractivity contribution is 0.459. The van der Waals surface area contributed by atoms with Crippen LogP contribution in [0.15, 0.2) is 30.3 Å². The summed E-state index contributed by atoms with van der Waals surface area (Å²) < 4.78 is 31.1. The van der Waals surface area contributed by atoms with E-state index in [-0.39, 0.29) is 0 Å². The zero-order valence-corrected chi connectivity index (χ0v) is 7.86. The Balaban J connectivity index is 2.89. The van der Waals surface area contributed by atoms with Gasteiger partial charge in [0.2, 0.25) is 6.29 Å². The third-order valence-electron chi connectivity index (χ3n) is 1.52. The molecule has 75 valence electrons. The molecule has 1 radical (unpaired) electrons. The highest BCUT2D eigenvalue weighted by Gasteiger charge is 2.16. The molecule has 0 aliphatic heterocycles. The van der Waals surface area contributed by atoms with Crippen molar-refractivity contribution in [1.82, 2.24) is 4.72 Å². The van der Waals surface area contributed by atoms with Crippen molar-refractivity contribution < 1.29 is 17.8 Å². The topological polar surface area (TPSA) is 83.5 Å². The summed E-state index contributed by atoms with van der Waals surface area (Å²) in [5.41, 5.74) is 0.417. The first-order chi connectivity index (χ1) is 6.53. The molecule has 1 atom stereocenters. The zero-order chi connectivity index (χ0) is 10.6. The summed E-state index contributed by atoms with van der Waals surface area (Å²) in [5.74, 6) is 0. The van der Waals surface area contributed by atoms with Gasteiger partial charge in [0, 0.05) is 0 Å². The molecule has 0 saturated heterocycles. The minimum absolute atomic E-state index is 0.417. The monoisotopic (exact) mass is 214 g/mol. The van der Waals surface area contributed by atoms with Crippen LogP contribution >= 0.6 is 0 Å². The molecule has 0 amide bonds. The molecular weight excluding hydrogens is 206 g/mol. The van der Waals surface area contributed by atoms with Crippen LogP contribution in [-0.4, -0.2) is 19.3 Å². The minimum atomic E-state index is -4.40. The summed E-state index contributed by atoms with van der Waals surface area (Å²) in [6.07, 6.45) is 1.47. The van der Waals surface area contributed by atoms with Crippen molar-refractivity contribution in [2.45, 2.75) is 6.04 Å². The first-order valence-corrected chi connectivity index (χ1v) is 5.14. The van der Waals surface area contributed by atoms with E-state index >= 15 is 0 Å². The lowest BCUT2D eigenvalue weighted by Gasteiger charge is -2.08. The van der Waals surface area contributed by atoms with Gasteiger partial charge < -0.3 is 0 Å². The maximum Gasteiger partial charge on any atom is 0.334 e. The Morgan fingerprint density at radius 2 is 1.86 bits per heavy atom. The van der Waals surface area contributed by atoms with E-state index in [1.807, 2.05) is 0 Å². The highest BCUT2D eigenvalue weighted by atomic mass is 32.2. The van der Waals surface area contributed by atoms with E-state index in [4.69, 9.17) is 4.55 Å². The molecule has 6 heteroatoms. The average Bonchev–Trinajstić information content (AvgIpc) is 2.14. The van der Waals surface area contributed by atoms with Gasteiger partial charge in [0.05, 0.1) is 0 Å². The van der Waals surface area contributed by atoms with Crippen molar-refractivity contribution in [2.75, 3.05) is 0 Å². The molecule has 1 aromatic carbocycles. The summed E-state index contributed by atoms with van der Waals surface area (Å²) in [6, 6.07) is 6.93. The van der Waals surface area contributed by atoms with E-state index in [1.165, 1.54) is 6.29 Å². The Hall–Kier alpha value is -1.24. The van der Waals surface area contributed by atoms with Crippen LogP contribution in [0.3, 0.4) is 0 Å². The molecule has 5 nitrogen and oxygen atoms in total. The Morgan fingerprint density at radius 1 is 1.29 bits per heavy atom. The first-order valence-electron chi connectivity index (χ1n) is 3.70. The summed E-state index contributed by atoms with van der Waals surface area (Å²) >= 11 is 0. The van der Waals surface area contributed by atoms with Crippen molar-refractivity contribution in [1.29, 1.82) is 0 Å². The predicted octanol–water partition coefficient (Wildman–Crippen LogP) is 0.230. The van der Waals surface area contributed by atoms with Gasteiger partial charge in [0.25, 0.3) is 0 Å². The van der Waals surface area contributed by atoms with Crippen molar-refractivity contribution in [3.63, 3.8) is 0 Å². The van der Waals surface area contributed by atoms with Crippen molar-refractivity contribution in [3.8, 4) is 0 Å². The van der Waals surface area contributed by atoms with Gasteiger partial charge in [-0.3, -0.25) is 9.35 Å². The van der Waals surface area contributed by atoms with Crippen molar-refractivity contribution in [2.24, 2.45) is 0 Å². The number of benzene rings is 1. The van der Waals surface area contributed by atoms with Crippen LogP contribution in [0, 0.1) is 0 Å². The summed E-state index contributed by atoms with van der Waals surface area (Å²) in [7, 11) is -4.40. The molecule has 0 heterocycles. The SMILES string of the molecule is O=[C][C@@H](NS(=O)(=O)O)c1ccccc1. The van der Waals surface area contributed by atoms with Crippen LogP contribution in [0.1, 0.15) is 11.6 Å². The Kier molecular flexibility index (Phi) is 3.34. The van der Waals surface area contributed by atoms with E-state index in [0.717, 1.165) is 0 Å². The standard InChI is InChI=1S/C8H8NO4S/c10-6-8(9-14(11,12)13)7-4-2-1-3-5-7/h1-5,8-9H,(H,11,12,13)/t8-/m1/s1. The molecule has 0 bridgehead atoms. The first kappa shape index (κ1) is 10.8. The van der Waals surface area contributed by atoms with Gasteiger partial charge in [-0.2, -0.15) is 13.1 Å². The van der Waals surface area contributed by atoms with Crippen LogP contribution in [0.5, 0.6) is 0 Å². The number of carbonyl (C=O) groups excluding carboxylic acids is 1. The molecule has 0 aliphatic rings. The number of rotatable bonds is 4. The second-order valence-electron chi connectivity index (χ2n) is 2.55. The van der Waals surface area contributed by atoms with Crippen molar-refractivity contribution >= 4 is 16.6 Å². The molecule has 1 aromatic rings. The molecule has 1 rings (SSSR count). The molecule has 0 aromatic heterocycles. The van der Waals surface area contributed by atoms with Gasteiger partial charge in [-0.25, -0.2) is 0 Å². The van der Waals surface area contributed by atoms with Crippen LogP contribution in [-0.2, 0) is 15.1 Å². The highest BCUT2D eigenvalue weighted by molar-refractivity contribution is 7.83. The molecule has 14 heavy (non-hydrogen) atoms. The number of hydrogen-bond acceptors (Lipinski definition) is 3. The number of nitrogens with one attached hydrogen (secondary N) is 1. The van der Waals surface area contributed by atoms with Crippen LogP contribution in [0.25, 0.3) is 0 Å². The average molecular weight is 214 g/mol. The maximum atomic E-state index is 10.4. The normalized spacial score (nSPS) is 13.5. The fourth-order valence-corrected chi connectivity index (χ4v) is 1.44. The molecule has 2 N–H and O–H groups in total. The smallest absolute Gasteiger partial charge is 0.289 e. The Bertz CT molecular complexity index is 401. The quantitative estimate of drug-likeness (QED) is 0.703. The van der Waals surface area contributed by atoms with Gasteiger partial charge in [0.15, 0.2) is 0 Å². The summed E-state index contributed by atoms with van der Waals surface area (Å²) in [5, 5.41) is 0. The molecule has 0 aliphatic carbocycles. The predicted molar refractivity (Wildman–Crippen MR) is 49.6 cm³/mol. The summed E-state index contributed by atoms with van der Waals surface area (Å²) in [6.45, 7) is 0. The van der Waals surface area contributed by atoms with Crippen molar-refractivity contribution in [3.05, 3.63) is 35.9 Å². The van der Waals surface area contributed by atoms with E-state index in [1.54, 1.807) is 35.1 Å². The molecule has 0 saturated carbocycles. The van der Waals surface area contributed by atoms with Crippen LogP contribution in [0.4, 0.5) is 0 Å². The van der Waals surface area contributed by atoms with Crippen LogP contribution < -0.4 is 4.72 Å². The Labute approximate surface area is 81.6 Å². The maximum absolute atomic E-state index is 10.4. The summed E-state index contributed by atoms with van der Waals surface area (Å²) in [4.78, 5) is 10.4. The van der Waals surface area contributed by atoms with E-state index in [9.17, 15) is 13.2 Å². The number of hydrogen-bond donors (Lipinski definition) is 2. The second-order valence-corrected chi connectivity index (χ2v) is 3.74. The van der Waals surface area contributed by atoms with Gasteiger partial charge in [0.1, 0.15) is 6.04 Å². The highest BCUT2D eigenvalue weighted by Crippen LogP contribution is 2.10. The third kappa shape index (κ3) is 3.25. The third-order valence-corrected chi connectivity index (χ3v) is 2.05. The van der Waals surface area contributed by atoms with Gasteiger partial charge in [-0.1, -0.05) is 30.3 Å². The van der Waals surface area contributed by atoms with E-state index in [2.05, 4.69) is 0 Å². The fourth-order valence-electron chi connectivity index (χ4n) is 0.955.